The van der Waals surface area contributed by atoms with E-state index in [1.807, 2.05) is 35.1 Å². The average molecular weight is 352 g/mol. The summed E-state index contributed by atoms with van der Waals surface area (Å²) >= 11 is 0. The Bertz CT molecular complexity index is 853. The number of aromatic nitrogens is 3. The lowest BCUT2D eigenvalue weighted by Crippen LogP contribution is -2.38. The minimum atomic E-state index is 0.0811. The molecule has 1 aromatic carbocycles. The van der Waals surface area contributed by atoms with Gasteiger partial charge >= 0.3 is 0 Å². The van der Waals surface area contributed by atoms with E-state index in [1.54, 1.807) is 13.2 Å². The van der Waals surface area contributed by atoms with Crippen molar-refractivity contribution >= 4 is 5.96 Å². The lowest BCUT2D eigenvalue weighted by molar-refractivity contribution is 0.374. The van der Waals surface area contributed by atoms with Gasteiger partial charge in [-0.3, -0.25) is 4.99 Å². The molecule has 2 aromatic heterocycles. The lowest BCUT2D eigenvalue weighted by Gasteiger charge is -2.18. The number of nitrogens with one attached hydrogen (secondary N) is 2. The minimum absolute atomic E-state index is 0.0811. The first-order valence-corrected chi connectivity index (χ1v) is 8.71. The molecular weight excluding hydrogens is 328 g/mol. The third-order valence-corrected chi connectivity index (χ3v) is 4.12. The van der Waals surface area contributed by atoms with Gasteiger partial charge in [-0.1, -0.05) is 24.2 Å². The lowest BCUT2D eigenvalue weighted by atomic mass is 10.1. The molecule has 0 fully saturated rings. The monoisotopic (exact) mass is 352 g/mol. The van der Waals surface area contributed by atoms with Crippen LogP contribution in [0.2, 0.25) is 0 Å². The molecule has 0 amide bonds. The highest BCUT2D eigenvalue weighted by molar-refractivity contribution is 5.80. The first-order valence-electron chi connectivity index (χ1n) is 8.71. The van der Waals surface area contributed by atoms with Crippen molar-refractivity contribution < 1.29 is 4.52 Å². The Balaban J connectivity index is 1.62. The van der Waals surface area contributed by atoms with Gasteiger partial charge in [0.25, 0.3) is 0 Å². The summed E-state index contributed by atoms with van der Waals surface area (Å²) in [5.41, 5.74) is 3.13. The van der Waals surface area contributed by atoms with Crippen LogP contribution in [0.3, 0.4) is 0 Å². The molecule has 2 heterocycles. The highest BCUT2D eigenvalue weighted by Gasteiger charge is 2.10. The molecule has 3 rings (SSSR count). The van der Waals surface area contributed by atoms with E-state index in [4.69, 9.17) is 4.52 Å². The molecule has 0 aliphatic carbocycles. The van der Waals surface area contributed by atoms with Crippen LogP contribution in [0.4, 0.5) is 0 Å². The molecule has 0 bridgehead atoms. The number of hydrogen-bond acceptors (Lipinski definition) is 4. The van der Waals surface area contributed by atoms with Crippen LogP contribution in [0.25, 0.3) is 5.69 Å². The van der Waals surface area contributed by atoms with Crippen molar-refractivity contribution in [2.75, 3.05) is 7.05 Å². The number of aliphatic imine (C=N–C) groups is 1. The highest BCUT2D eigenvalue weighted by atomic mass is 16.5. The number of benzene rings is 1. The van der Waals surface area contributed by atoms with E-state index in [2.05, 4.69) is 51.9 Å². The first kappa shape index (κ1) is 17.7. The van der Waals surface area contributed by atoms with Crippen molar-refractivity contribution in [2.24, 2.45) is 4.99 Å². The second-order valence-electron chi connectivity index (χ2n) is 5.98. The quantitative estimate of drug-likeness (QED) is 0.527. The van der Waals surface area contributed by atoms with Gasteiger partial charge in [-0.05, 0) is 37.1 Å². The maximum absolute atomic E-state index is 5.29. The molecule has 136 valence electrons. The molecule has 0 radical (unpaired) electrons. The molecule has 1 atom stereocenters. The summed E-state index contributed by atoms with van der Waals surface area (Å²) in [4.78, 5) is 4.28. The van der Waals surface area contributed by atoms with Crippen molar-refractivity contribution in [1.29, 1.82) is 0 Å². The van der Waals surface area contributed by atoms with Gasteiger partial charge in [0, 0.05) is 25.5 Å². The maximum atomic E-state index is 5.29. The molecule has 0 saturated heterocycles. The highest BCUT2D eigenvalue weighted by Crippen LogP contribution is 2.16. The van der Waals surface area contributed by atoms with E-state index in [0.29, 0.717) is 12.5 Å². The molecule has 3 aromatic rings. The van der Waals surface area contributed by atoms with Crippen molar-refractivity contribution in [1.82, 2.24) is 25.6 Å². The number of rotatable bonds is 6. The summed E-state index contributed by atoms with van der Waals surface area (Å²) in [5, 5.41) is 14.9. The Kier molecular flexibility index (Phi) is 5.68. The smallest absolute Gasteiger partial charge is 0.191 e. The second-order valence-corrected chi connectivity index (χ2v) is 5.98. The number of guanidine groups is 1. The van der Waals surface area contributed by atoms with E-state index in [0.717, 1.165) is 29.1 Å². The topological polar surface area (TPSA) is 80.3 Å². The Morgan fingerprint density at radius 2 is 2.19 bits per heavy atom. The van der Waals surface area contributed by atoms with E-state index in [1.165, 1.54) is 0 Å². The van der Waals surface area contributed by atoms with Gasteiger partial charge in [-0.15, -0.1) is 0 Å². The zero-order chi connectivity index (χ0) is 18.4. The number of aryl methyl sites for hydroxylation is 1. The van der Waals surface area contributed by atoms with Gasteiger partial charge in [-0.25, -0.2) is 4.68 Å². The van der Waals surface area contributed by atoms with Crippen LogP contribution in [-0.4, -0.2) is 27.9 Å². The molecule has 0 aliphatic heterocycles. The van der Waals surface area contributed by atoms with Crippen LogP contribution in [0.15, 0.2) is 58.3 Å². The van der Waals surface area contributed by atoms with E-state index >= 15 is 0 Å². The van der Waals surface area contributed by atoms with Crippen LogP contribution in [0.5, 0.6) is 0 Å². The first-order chi connectivity index (χ1) is 12.7. The van der Waals surface area contributed by atoms with Crippen LogP contribution in [0, 0.1) is 0 Å². The van der Waals surface area contributed by atoms with E-state index in [9.17, 15) is 0 Å². The predicted octanol–water partition coefficient (Wildman–Crippen LogP) is 2.85. The summed E-state index contributed by atoms with van der Waals surface area (Å²) in [7, 11) is 1.75. The summed E-state index contributed by atoms with van der Waals surface area (Å²) in [6.45, 7) is 4.68. The second kappa shape index (κ2) is 8.33. The van der Waals surface area contributed by atoms with E-state index < -0.39 is 0 Å². The van der Waals surface area contributed by atoms with Crippen LogP contribution in [0.1, 0.15) is 36.9 Å². The third kappa shape index (κ3) is 4.30. The Hall–Kier alpha value is -3.09. The SMILES string of the molecule is CCc1cc(CNC(=NC)NC(C)c2cccc(-n3cccn3)c2)on1. The zero-order valence-electron chi connectivity index (χ0n) is 15.3. The number of hydrogen-bond donors (Lipinski definition) is 2. The summed E-state index contributed by atoms with van der Waals surface area (Å²) < 4.78 is 7.14. The molecule has 7 nitrogen and oxygen atoms in total. The molecule has 2 N–H and O–H groups in total. The minimum Gasteiger partial charge on any atom is -0.359 e. The molecule has 7 heteroatoms. The van der Waals surface area contributed by atoms with Gasteiger partial charge in [0.05, 0.1) is 24.0 Å². The fraction of sp³-hybridized carbons (Fsp3) is 0.316. The summed E-state index contributed by atoms with van der Waals surface area (Å²) in [6.07, 6.45) is 4.56. The molecular formula is C19H24N6O. The van der Waals surface area contributed by atoms with Crippen molar-refractivity contribution in [3.63, 3.8) is 0 Å². The zero-order valence-corrected chi connectivity index (χ0v) is 15.3. The fourth-order valence-corrected chi connectivity index (χ4v) is 2.62. The normalized spacial score (nSPS) is 12.8. The summed E-state index contributed by atoms with van der Waals surface area (Å²) in [5.74, 6) is 1.49. The standard InChI is InChI=1S/C19H24N6O/c1-4-16-12-18(26-24-16)13-21-19(20-3)23-14(2)15-7-5-8-17(11-15)25-10-6-9-22-25/h5-12,14H,4,13H2,1-3H3,(H2,20,21,23). The fourth-order valence-electron chi connectivity index (χ4n) is 2.62. The maximum Gasteiger partial charge on any atom is 0.191 e. The Morgan fingerprint density at radius 3 is 2.88 bits per heavy atom. The average Bonchev–Trinajstić information content (AvgIpc) is 3.36. The van der Waals surface area contributed by atoms with Crippen LogP contribution in [-0.2, 0) is 13.0 Å². The van der Waals surface area contributed by atoms with Crippen LogP contribution < -0.4 is 10.6 Å². The van der Waals surface area contributed by atoms with Gasteiger partial charge in [-0.2, -0.15) is 5.10 Å². The molecule has 0 saturated carbocycles. The van der Waals surface area contributed by atoms with Crippen molar-refractivity contribution in [3.05, 3.63) is 65.8 Å². The van der Waals surface area contributed by atoms with Gasteiger partial charge in [0.15, 0.2) is 11.7 Å². The Morgan fingerprint density at radius 1 is 1.31 bits per heavy atom. The van der Waals surface area contributed by atoms with Crippen molar-refractivity contribution in [3.8, 4) is 5.69 Å². The van der Waals surface area contributed by atoms with Gasteiger partial charge in [0.2, 0.25) is 0 Å². The molecule has 26 heavy (non-hydrogen) atoms. The molecule has 0 aliphatic rings. The van der Waals surface area contributed by atoms with Gasteiger partial charge in [0.1, 0.15) is 0 Å². The largest absolute Gasteiger partial charge is 0.359 e. The van der Waals surface area contributed by atoms with E-state index in [-0.39, 0.29) is 6.04 Å². The number of nitrogens with zero attached hydrogens (tertiary/aromatic N) is 4. The third-order valence-electron chi connectivity index (χ3n) is 4.12. The van der Waals surface area contributed by atoms with Gasteiger partial charge < -0.3 is 15.2 Å². The van der Waals surface area contributed by atoms with Crippen LogP contribution >= 0.6 is 0 Å². The predicted molar refractivity (Wildman–Crippen MR) is 101 cm³/mol. The van der Waals surface area contributed by atoms with Crippen molar-refractivity contribution in [2.45, 2.75) is 32.9 Å². The molecule has 1 unspecified atom stereocenters. The summed E-state index contributed by atoms with van der Waals surface area (Å²) in [6, 6.07) is 12.2. The molecule has 0 spiro atoms. The Labute approximate surface area is 153 Å².